The average molecular weight is 654 g/mol. The Morgan fingerprint density at radius 1 is 1.13 bits per heavy atom. The maximum absolute atomic E-state index is 15.9. The largest absolute Gasteiger partial charge is 0.495 e. The number of ether oxygens (including phenoxy) is 1. The molecule has 13 heteroatoms. The van der Waals surface area contributed by atoms with Gasteiger partial charge in [-0.15, -0.1) is 0 Å². The Bertz CT molecular complexity index is 1490. The van der Waals surface area contributed by atoms with Crippen LogP contribution >= 0.6 is 0 Å². The molecule has 3 rings (SSSR count). The molecule has 0 bridgehead atoms. The Hall–Kier alpha value is -3.35. The Labute approximate surface area is 264 Å². The first-order valence-corrected chi connectivity index (χ1v) is 16.8. The first-order chi connectivity index (χ1) is 21.0. The third-order valence-corrected chi connectivity index (χ3v) is 11.9. The van der Waals surface area contributed by atoms with Crippen molar-refractivity contribution in [2.75, 3.05) is 19.5 Å². The van der Waals surface area contributed by atoms with E-state index < -0.39 is 38.0 Å². The second kappa shape index (κ2) is 14.0. The number of amides is 1. The van der Waals surface area contributed by atoms with Crippen LogP contribution in [0, 0.1) is 17.7 Å². The molecule has 1 aromatic carbocycles. The number of guanidine groups is 1. The minimum Gasteiger partial charge on any atom is -0.495 e. The topological polar surface area (TPSA) is 127 Å². The Morgan fingerprint density at radius 3 is 2.40 bits per heavy atom. The molecular formula is C32H46F3N5O4S. The number of aliphatic imine (C=N–C) groups is 1. The number of sulfonamides is 1. The van der Waals surface area contributed by atoms with Crippen molar-refractivity contribution in [1.29, 1.82) is 0 Å². The molecular weight excluding hydrogens is 607 g/mol. The highest BCUT2D eigenvalue weighted by Gasteiger charge is 2.63. The maximum Gasteiger partial charge on any atom is 0.274 e. The number of hydrogen-bond donors (Lipinski definition) is 2. The molecule has 2 heterocycles. The number of benzene rings is 1. The quantitative estimate of drug-likeness (QED) is 0.234. The lowest BCUT2D eigenvalue weighted by molar-refractivity contribution is -0.0237. The van der Waals surface area contributed by atoms with Crippen LogP contribution in [0.1, 0.15) is 95.6 Å². The molecule has 2 aromatic rings. The summed E-state index contributed by atoms with van der Waals surface area (Å²) in [5.74, 6) is -4.55. The highest BCUT2D eigenvalue weighted by atomic mass is 32.2. The summed E-state index contributed by atoms with van der Waals surface area (Å²) < 4.78 is 77.8. The van der Waals surface area contributed by atoms with Crippen LogP contribution in [0.2, 0.25) is 0 Å². The molecule has 45 heavy (non-hydrogen) atoms. The van der Waals surface area contributed by atoms with Crippen LogP contribution in [-0.2, 0) is 15.6 Å². The minimum absolute atomic E-state index is 0.0209. The van der Waals surface area contributed by atoms with Gasteiger partial charge in [-0.25, -0.2) is 35.9 Å². The third kappa shape index (κ3) is 7.23. The molecule has 9 nitrogen and oxygen atoms in total. The molecule has 1 aliphatic rings. The molecule has 1 aromatic heterocycles. The van der Waals surface area contributed by atoms with E-state index >= 15 is 4.39 Å². The van der Waals surface area contributed by atoms with E-state index in [1.54, 1.807) is 19.9 Å². The number of nitrogens with one attached hydrogen (secondary N) is 1. The van der Waals surface area contributed by atoms with Crippen LogP contribution in [0.5, 0.6) is 5.75 Å². The highest BCUT2D eigenvalue weighted by molar-refractivity contribution is 7.91. The fourth-order valence-corrected chi connectivity index (χ4v) is 8.67. The van der Waals surface area contributed by atoms with Crippen molar-refractivity contribution in [2.24, 2.45) is 22.6 Å². The fraction of sp³-hybridized carbons (Fsp3) is 0.594. The number of anilines is 1. The molecule has 4 atom stereocenters. The van der Waals surface area contributed by atoms with E-state index in [9.17, 15) is 22.0 Å². The summed E-state index contributed by atoms with van der Waals surface area (Å²) in [5, 5.41) is 2.70. The number of pyridine rings is 1. The number of alkyl halides is 2. The van der Waals surface area contributed by atoms with Crippen LogP contribution in [0.3, 0.4) is 0 Å². The predicted molar refractivity (Wildman–Crippen MR) is 170 cm³/mol. The van der Waals surface area contributed by atoms with Gasteiger partial charge >= 0.3 is 0 Å². The summed E-state index contributed by atoms with van der Waals surface area (Å²) in [6.45, 7) is 8.76. The smallest absolute Gasteiger partial charge is 0.274 e. The van der Waals surface area contributed by atoms with E-state index in [2.05, 4.69) is 15.3 Å². The minimum atomic E-state index is -4.26. The number of hydrogen-bond acceptors (Lipinski definition) is 7. The van der Waals surface area contributed by atoms with Gasteiger partial charge < -0.3 is 15.8 Å². The molecule has 0 spiro atoms. The van der Waals surface area contributed by atoms with Gasteiger partial charge in [-0.1, -0.05) is 40.5 Å². The van der Waals surface area contributed by atoms with E-state index in [1.165, 1.54) is 38.6 Å². The van der Waals surface area contributed by atoms with E-state index in [-0.39, 0.29) is 66.8 Å². The second-order valence-corrected chi connectivity index (χ2v) is 14.6. The highest BCUT2D eigenvalue weighted by Crippen LogP contribution is 2.53. The number of nitrogens with two attached hydrogens (primary N) is 1. The standard InChI is InChI=1S/C32H46F3N5O4S/c1-8-15-31(19-22(4)21(3)14-17-32(34,35)16-9-2)30(5,39-29(36)40(6)45(31,42)43)25-18-23(10-12-26(25)33)38-28(41)27-13-11-24(44-7)20-37-27/h10-13,18,20-22H,8-9,14-17,19H2,1-7H3,(H2,36,39)(H,38,41). The maximum atomic E-state index is 15.9. The molecule has 0 saturated carbocycles. The Kier molecular flexibility index (Phi) is 11.2. The van der Waals surface area contributed by atoms with Crippen LogP contribution in [-0.4, -0.2) is 54.4 Å². The van der Waals surface area contributed by atoms with Crippen molar-refractivity contribution in [3.63, 3.8) is 0 Å². The molecule has 0 fully saturated rings. The van der Waals surface area contributed by atoms with Gasteiger partial charge in [0.25, 0.3) is 5.91 Å². The van der Waals surface area contributed by atoms with Crippen molar-refractivity contribution in [1.82, 2.24) is 9.29 Å². The molecule has 0 saturated heterocycles. The number of carbonyl (C=O) groups excluding carboxylic acids is 1. The van der Waals surface area contributed by atoms with Gasteiger partial charge in [0.1, 0.15) is 27.5 Å². The van der Waals surface area contributed by atoms with Gasteiger partial charge in [0, 0.05) is 31.1 Å². The first kappa shape index (κ1) is 36.1. The van der Waals surface area contributed by atoms with Crippen LogP contribution in [0.25, 0.3) is 0 Å². The van der Waals surface area contributed by atoms with Crippen LogP contribution in [0.4, 0.5) is 18.9 Å². The van der Waals surface area contributed by atoms with Crippen molar-refractivity contribution in [2.45, 2.75) is 95.8 Å². The van der Waals surface area contributed by atoms with Gasteiger partial charge in [-0.3, -0.25) is 4.79 Å². The average Bonchev–Trinajstić information content (AvgIpc) is 2.99. The van der Waals surface area contributed by atoms with E-state index in [0.29, 0.717) is 18.6 Å². The van der Waals surface area contributed by atoms with Gasteiger partial charge in [0.15, 0.2) is 0 Å². The number of rotatable bonds is 14. The predicted octanol–water partition coefficient (Wildman–Crippen LogP) is 6.70. The lowest BCUT2D eigenvalue weighted by atomic mass is 9.70. The van der Waals surface area contributed by atoms with Gasteiger partial charge in [-0.2, -0.15) is 0 Å². The van der Waals surface area contributed by atoms with E-state index in [1.807, 2.05) is 20.8 Å². The van der Waals surface area contributed by atoms with Crippen molar-refractivity contribution < 1.29 is 31.1 Å². The molecule has 1 amide bonds. The summed E-state index contributed by atoms with van der Waals surface area (Å²) in [6.07, 6.45) is 1.97. The molecule has 1 aliphatic heterocycles. The number of carbonyl (C=O) groups is 1. The van der Waals surface area contributed by atoms with E-state index in [4.69, 9.17) is 10.5 Å². The van der Waals surface area contributed by atoms with Crippen molar-refractivity contribution in [3.05, 3.63) is 53.6 Å². The summed E-state index contributed by atoms with van der Waals surface area (Å²) in [6, 6.07) is 6.93. The molecule has 250 valence electrons. The third-order valence-electron chi connectivity index (χ3n) is 9.21. The monoisotopic (exact) mass is 653 g/mol. The SMILES string of the molecule is CCCC(F)(F)CCC(C)C(C)CC1(CCC)C(C)(c2cc(NC(=O)c3ccc(OC)cn3)ccc2F)N=C(N)N(C)S1(=O)=O. The molecule has 0 radical (unpaired) electrons. The zero-order valence-electron chi connectivity index (χ0n) is 27.2. The molecule has 3 N–H and O–H groups in total. The van der Waals surface area contributed by atoms with Gasteiger partial charge in [0.05, 0.1) is 13.3 Å². The summed E-state index contributed by atoms with van der Waals surface area (Å²) in [4.78, 5) is 21.7. The first-order valence-electron chi connectivity index (χ1n) is 15.3. The number of nitrogens with zero attached hydrogens (tertiary/aromatic N) is 3. The lowest BCUT2D eigenvalue weighted by Crippen LogP contribution is -2.65. The molecule has 0 aliphatic carbocycles. The van der Waals surface area contributed by atoms with Crippen molar-refractivity contribution >= 4 is 27.6 Å². The molecule has 4 unspecified atom stereocenters. The van der Waals surface area contributed by atoms with Crippen molar-refractivity contribution in [3.8, 4) is 5.75 Å². The van der Waals surface area contributed by atoms with Crippen LogP contribution < -0.4 is 15.8 Å². The summed E-state index contributed by atoms with van der Waals surface area (Å²) in [5.41, 5.74) is 4.66. The van der Waals surface area contributed by atoms with Gasteiger partial charge in [0.2, 0.25) is 21.9 Å². The number of methoxy groups -OCH3 is 1. The normalized spacial score (nSPS) is 22.8. The Morgan fingerprint density at radius 2 is 1.82 bits per heavy atom. The summed E-state index contributed by atoms with van der Waals surface area (Å²) in [7, 11) is -1.47. The zero-order chi connectivity index (χ0) is 33.8. The fourth-order valence-electron chi connectivity index (χ4n) is 6.27. The number of halogens is 3. The lowest BCUT2D eigenvalue weighted by Gasteiger charge is -2.52. The Balaban J connectivity index is 2.10. The van der Waals surface area contributed by atoms with Crippen LogP contribution in [0.15, 0.2) is 41.5 Å². The second-order valence-electron chi connectivity index (χ2n) is 12.3. The van der Waals surface area contributed by atoms with Gasteiger partial charge in [-0.05, 0) is 68.4 Å². The summed E-state index contributed by atoms with van der Waals surface area (Å²) >= 11 is 0. The number of aromatic nitrogens is 1. The van der Waals surface area contributed by atoms with E-state index in [0.717, 1.165) is 10.4 Å². The zero-order valence-corrected chi connectivity index (χ0v) is 28.0.